The molecule has 5 fully saturated rings. The average Bonchev–Trinajstić information content (AvgIpc) is 4.02. The first kappa shape index (κ1) is 46.9. The Morgan fingerprint density at radius 3 is 2.27 bits per heavy atom. The smallest absolute Gasteiger partial charge is 0.454 e. The molecule has 0 radical (unpaired) electrons. The van der Waals surface area contributed by atoms with Gasteiger partial charge >= 0.3 is 30.0 Å². The van der Waals surface area contributed by atoms with Gasteiger partial charge in [-0.25, -0.2) is 14.4 Å². The van der Waals surface area contributed by atoms with E-state index in [9.17, 15) is 39.0 Å². The zero-order valence-electron chi connectivity index (χ0n) is 37.5. The number of esters is 4. The van der Waals surface area contributed by atoms with E-state index in [-0.39, 0.29) is 36.2 Å². The average molecular weight is 894 g/mol. The van der Waals surface area contributed by atoms with Crippen molar-refractivity contribution in [2.24, 2.45) is 22.7 Å². The van der Waals surface area contributed by atoms with Crippen LogP contribution < -0.4 is 5.32 Å². The molecule has 17 heteroatoms. The minimum absolute atomic E-state index is 0.000399. The number of aliphatic hydroxyl groups excluding tert-OH is 2. The second kappa shape index (κ2) is 17.3. The van der Waals surface area contributed by atoms with Crippen LogP contribution in [0.25, 0.3) is 0 Å². The lowest BCUT2D eigenvalue weighted by Gasteiger charge is -2.67. The number of Topliss-reactive ketones (excluding diaryl/α,β-unsaturated/α-hetero) is 1. The molecule has 3 saturated carbocycles. The Balaban J connectivity index is 1.46. The van der Waals surface area contributed by atoms with E-state index in [0.29, 0.717) is 24.8 Å². The molecule has 12 atom stereocenters. The van der Waals surface area contributed by atoms with Crippen molar-refractivity contribution in [3.63, 3.8) is 0 Å². The molecule has 2 unspecified atom stereocenters. The number of rotatable bonds is 14. The van der Waals surface area contributed by atoms with Crippen LogP contribution in [0, 0.1) is 22.7 Å². The van der Waals surface area contributed by atoms with E-state index in [1.807, 2.05) is 6.92 Å². The first-order chi connectivity index (χ1) is 30.1. The first-order valence-electron chi connectivity index (χ1n) is 22.1. The van der Waals surface area contributed by atoms with E-state index in [4.69, 9.17) is 33.2 Å². The Morgan fingerprint density at radius 1 is 0.984 bits per heavy atom. The van der Waals surface area contributed by atoms with Gasteiger partial charge in [-0.1, -0.05) is 63.5 Å². The standard InChI is InChI=1S/C47H59NO16/c1-9-10-12-17-31(51)48-28(20-23(2)3)33(52)42(56)59-34-24(4)32-35(60-40(54)27-18-19-27)37(53)45(8)29(50)21-30-46(22-58-30,63-25(5)49)36(45)39(61-41(55)26-15-13-11-14-16-26)47(44(32,6)7)38(34)62-43(57)64-47/h11,13-16,20,27-30,33-36,38-39,50,52H,9-10,12,17-19,21-22H2,1-8H3,(H,48,51)/t28-,29-,30+,33+,34+,35+,36?,38-,39?,45+,46-,47+/m0/s1. The lowest BCUT2D eigenvalue weighted by Crippen LogP contribution is -2.83. The van der Waals surface area contributed by atoms with Crippen LogP contribution in [-0.2, 0) is 57.1 Å². The molecular weight excluding hydrogens is 835 g/mol. The fraction of sp³-hybridized carbons (Fsp3) is 0.638. The molecule has 1 spiro atoms. The van der Waals surface area contributed by atoms with E-state index in [0.717, 1.165) is 19.8 Å². The highest BCUT2D eigenvalue weighted by Gasteiger charge is 2.83. The zero-order chi connectivity index (χ0) is 46.7. The number of carbonyl (C=O) groups is 7. The molecule has 0 aromatic heterocycles. The van der Waals surface area contributed by atoms with Crippen LogP contribution in [-0.4, -0.2) is 119 Å². The molecule has 1 amide bonds. The molecule has 2 heterocycles. The third kappa shape index (κ3) is 7.70. The summed E-state index contributed by atoms with van der Waals surface area (Å²) in [6.07, 6.45) is -8.56. The van der Waals surface area contributed by atoms with Crippen LogP contribution in [0.15, 0.2) is 53.1 Å². The maximum absolute atomic E-state index is 15.8. The first-order valence-corrected chi connectivity index (χ1v) is 22.1. The number of hydrogen-bond acceptors (Lipinski definition) is 16. The minimum atomic E-state index is -2.34. The number of fused-ring (bicyclic) bond motifs is 4. The summed E-state index contributed by atoms with van der Waals surface area (Å²) in [6.45, 7) is 12.3. The number of benzene rings is 1. The van der Waals surface area contributed by atoms with Gasteiger partial charge in [-0.05, 0) is 70.2 Å². The normalized spacial score (nSPS) is 34.2. The summed E-state index contributed by atoms with van der Waals surface area (Å²) in [4.78, 5) is 98.8. The molecule has 2 saturated heterocycles. The van der Waals surface area contributed by atoms with E-state index in [1.165, 1.54) is 32.1 Å². The summed E-state index contributed by atoms with van der Waals surface area (Å²) in [5, 5.41) is 26.7. The highest BCUT2D eigenvalue weighted by molar-refractivity contribution is 5.96. The summed E-state index contributed by atoms with van der Waals surface area (Å²) in [6, 6.07) is 6.54. The number of ketones is 1. The van der Waals surface area contributed by atoms with Crippen molar-refractivity contribution < 1.29 is 76.9 Å². The molecule has 348 valence electrons. The number of amides is 1. The van der Waals surface area contributed by atoms with Gasteiger partial charge in [0.25, 0.3) is 0 Å². The van der Waals surface area contributed by atoms with Crippen LogP contribution >= 0.6 is 0 Å². The van der Waals surface area contributed by atoms with Crippen LogP contribution in [0.1, 0.15) is 111 Å². The van der Waals surface area contributed by atoms with Gasteiger partial charge in [-0.15, -0.1) is 0 Å². The van der Waals surface area contributed by atoms with Crippen molar-refractivity contribution in [1.82, 2.24) is 5.32 Å². The molecule has 2 bridgehead atoms. The quantitative estimate of drug-likeness (QED) is 0.103. The Hall–Kier alpha value is -5.13. The second-order valence-electron chi connectivity index (χ2n) is 19.0. The Bertz CT molecular complexity index is 2140. The molecule has 7 rings (SSSR count). The fourth-order valence-corrected chi connectivity index (χ4v) is 10.8. The fourth-order valence-electron chi connectivity index (χ4n) is 10.8. The molecule has 2 aliphatic heterocycles. The van der Waals surface area contributed by atoms with Crippen molar-refractivity contribution in [1.29, 1.82) is 0 Å². The van der Waals surface area contributed by atoms with Crippen LogP contribution in [0.4, 0.5) is 4.79 Å². The third-order valence-corrected chi connectivity index (χ3v) is 14.2. The van der Waals surface area contributed by atoms with Crippen LogP contribution in [0.2, 0.25) is 0 Å². The van der Waals surface area contributed by atoms with Gasteiger partial charge < -0.3 is 48.7 Å². The van der Waals surface area contributed by atoms with E-state index >= 15 is 4.79 Å². The van der Waals surface area contributed by atoms with Gasteiger partial charge in [0.15, 0.2) is 41.9 Å². The van der Waals surface area contributed by atoms with Crippen molar-refractivity contribution in [2.45, 2.75) is 160 Å². The second-order valence-corrected chi connectivity index (χ2v) is 19.0. The molecule has 1 aromatic carbocycles. The van der Waals surface area contributed by atoms with E-state index in [1.54, 1.807) is 45.9 Å². The molecule has 4 aliphatic carbocycles. The summed E-state index contributed by atoms with van der Waals surface area (Å²) in [7, 11) is 0. The highest BCUT2D eigenvalue weighted by Crippen LogP contribution is 2.67. The Labute approximate surface area is 371 Å². The number of nitrogens with one attached hydrogen (secondary N) is 1. The van der Waals surface area contributed by atoms with Crippen molar-refractivity contribution in [2.75, 3.05) is 6.61 Å². The zero-order valence-corrected chi connectivity index (χ0v) is 37.5. The van der Waals surface area contributed by atoms with Gasteiger partial charge in [0, 0.05) is 25.2 Å². The Kier molecular flexibility index (Phi) is 12.7. The summed E-state index contributed by atoms with van der Waals surface area (Å²) in [5.41, 5.74) is -7.23. The molecule has 17 nitrogen and oxygen atoms in total. The number of unbranched alkanes of at least 4 members (excludes halogenated alkanes) is 2. The molecule has 6 aliphatic rings. The van der Waals surface area contributed by atoms with Crippen molar-refractivity contribution in [3.8, 4) is 0 Å². The van der Waals surface area contributed by atoms with Crippen LogP contribution in [0.5, 0.6) is 0 Å². The Morgan fingerprint density at radius 2 is 1.67 bits per heavy atom. The van der Waals surface area contributed by atoms with Gasteiger partial charge in [0.2, 0.25) is 11.5 Å². The van der Waals surface area contributed by atoms with Gasteiger partial charge in [0.05, 0.1) is 41.6 Å². The van der Waals surface area contributed by atoms with Crippen LogP contribution in [0.3, 0.4) is 0 Å². The molecular formula is C47H59NO16. The van der Waals surface area contributed by atoms with Gasteiger partial charge in [-0.3, -0.25) is 19.2 Å². The van der Waals surface area contributed by atoms with Crippen molar-refractivity contribution in [3.05, 3.63) is 58.7 Å². The van der Waals surface area contributed by atoms with Gasteiger partial charge in [0.1, 0.15) is 6.10 Å². The number of carbonyl (C=O) groups excluding carboxylic acids is 7. The predicted octanol–water partition coefficient (Wildman–Crippen LogP) is 4.14. The summed E-state index contributed by atoms with van der Waals surface area (Å²) >= 11 is 0. The highest BCUT2D eigenvalue weighted by atomic mass is 16.8. The lowest BCUT2D eigenvalue weighted by atomic mass is 9.44. The molecule has 64 heavy (non-hydrogen) atoms. The summed E-state index contributed by atoms with van der Waals surface area (Å²) in [5.74, 6) is -7.17. The number of aliphatic hydroxyl groups is 2. The minimum Gasteiger partial charge on any atom is -0.454 e. The molecule has 3 N–H and O–H groups in total. The van der Waals surface area contributed by atoms with Crippen molar-refractivity contribution >= 4 is 41.7 Å². The van der Waals surface area contributed by atoms with E-state index in [2.05, 4.69) is 5.32 Å². The maximum atomic E-state index is 15.8. The monoisotopic (exact) mass is 893 g/mol. The maximum Gasteiger partial charge on any atom is 0.509 e. The SMILES string of the molecule is CCCCCC(=O)N[C@@H](C=C(C)C)[C@@H](O)C(=O)O[C@@H]1C(C)=C2[C@@H](OC(=O)C3CC3)C(=O)[C@@]3(C)C(C(OC(=O)c4ccccc4)[C@@]4(OC(=O)O[C@@H]14)C2(C)C)[C@]1(OC(C)=O)CO[C@@H]1C[C@@H]3O. The number of allylic oxidation sites excluding steroid dienone is 1. The predicted molar refractivity (Wildman–Crippen MR) is 222 cm³/mol. The number of ether oxygens (including phenoxy) is 7. The molecule has 1 aromatic rings. The number of hydrogen-bond donors (Lipinski definition) is 3. The topological polar surface area (TPSA) is 237 Å². The van der Waals surface area contributed by atoms with E-state index < -0.39 is 124 Å². The third-order valence-electron chi connectivity index (χ3n) is 14.2. The largest absolute Gasteiger partial charge is 0.509 e. The van der Waals surface area contributed by atoms with Gasteiger partial charge in [-0.2, -0.15) is 0 Å². The lowest BCUT2D eigenvalue weighted by molar-refractivity contribution is -0.345. The summed E-state index contributed by atoms with van der Waals surface area (Å²) < 4.78 is 43.4.